The van der Waals surface area contributed by atoms with Crippen LogP contribution in [0.1, 0.15) is 18.4 Å². The van der Waals surface area contributed by atoms with Gasteiger partial charge in [0.25, 0.3) is 0 Å². The van der Waals surface area contributed by atoms with E-state index in [0.29, 0.717) is 5.56 Å². The van der Waals surface area contributed by atoms with E-state index in [1.807, 2.05) is 0 Å². The van der Waals surface area contributed by atoms with Crippen LogP contribution in [0.15, 0.2) is 12.1 Å². The fraction of sp³-hybridized carbons (Fsp3) is 0.455. The average Bonchev–Trinajstić information content (AvgIpc) is 2.89. The summed E-state index contributed by atoms with van der Waals surface area (Å²) >= 11 is 0. The van der Waals surface area contributed by atoms with E-state index < -0.39 is 17.2 Å². The molecule has 1 saturated carbocycles. The molecule has 2 N–H and O–H groups in total. The fourth-order valence-electron chi connectivity index (χ4n) is 1.61. The third kappa shape index (κ3) is 1.69. The van der Waals surface area contributed by atoms with Crippen molar-refractivity contribution >= 4 is 5.69 Å². The van der Waals surface area contributed by atoms with Gasteiger partial charge in [-0.25, -0.2) is 8.78 Å². The monoisotopic (exact) mass is 212 g/mol. The lowest BCUT2D eigenvalue weighted by Gasteiger charge is -2.17. The van der Waals surface area contributed by atoms with Crippen molar-refractivity contribution in [2.24, 2.45) is 5.73 Å². The summed E-state index contributed by atoms with van der Waals surface area (Å²) in [5.74, 6) is -1.64. The SMILES string of the molecule is CN(C)c1cc(C2(N)CC2)cc(F)c1F. The van der Waals surface area contributed by atoms with Gasteiger partial charge in [-0.15, -0.1) is 0 Å². The maximum absolute atomic E-state index is 13.4. The first-order valence-corrected chi connectivity index (χ1v) is 4.90. The Kier molecular flexibility index (Phi) is 2.19. The molecule has 1 aliphatic carbocycles. The first-order valence-electron chi connectivity index (χ1n) is 4.90. The molecule has 0 aromatic heterocycles. The third-order valence-corrected chi connectivity index (χ3v) is 2.85. The first-order chi connectivity index (χ1) is 6.94. The van der Waals surface area contributed by atoms with E-state index in [0.717, 1.165) is 12.8 Å². The van der Waals surface area contributed by atoms with Crippen LogP contribution in [0.3, 0.4) is 0 Å². The minimum atomic E-state index is -0.826. The quantitative estimate of drug-likeness (QED) is 0.812. The van der Waals surface area contributed by atoms with Crippen LogP contribution in [0.25, 0.3) is 0 Å². The Morgan fingerprint density at radius 1 is 1.27 bits per heavy atom. The molecule has 0 bridgehead atoms. The number of rotatable bonds is 2. The summed E-state index contributed by atoms with van der Waals surface area (Å²) in [6.45, 7) is 0. The molecule has 0 aliphatic heterocycles. The second-order valence-electron chi connectivity index (χ2n) is 4.34. The van der Waals surface area contributed by atoms with Crippen molar-refractivity contribution in [2.75, 3.05) is 19.0 Å². The number of anilines is 1. The Morgan fingerprint density at radius 3 is 2.33 bits per heavy atom. The van der Waals surface area contributed by atoms with Crippen LogP contribution < -0.4 is 10.6 Å². The lowest BCUT2D eigenvalue weighted by atomic mass is 10.0. The summed E-state index contributed by atoms with van der Waals surface area (Å²) in [6, 6.07) is 2.83. The van der Waals surface area contributed by atoms with Crippen LogP contribution in [0, 0.1) is 11.6 Å². The van der Waals surface area contributed by atoms with Gasteiger partial charge in [0.2, 0.25) is 0 Å². The Labute approximate surface area is 87.7 Å². The molecule has 1 aliphatic rings. The van der Waals surface area contributed by atoms with E-state index in [-0.39, 0.29) is 5.69 Å². The highest BCUT2D eigenvalue weighted by atomic mass is 19.2. The summed E-state index contributed by atoms with van der Waals surface area (Å²) in [5.41, 5.74) is 6.45. The van der Waals surface area contributed by atoms with Gasteiger partial charge < -0.3 is 10.6 Å². The number of hydrogen-bond donors (Lipinski definition) is 1. The van der Waals surface area contributed by atoms with Gasteiger partial charge in [0.05, 0.1) is 5.69 Å². The average molecular weight is 212 g/mol. The molecule has 1 aromatic carbocycles. The maximum atomic E-state index is 13.4. The van der Waals surface area contributed by atoms with Crippen LogP contribution in [-0.4, -0.2) is 14.1 Å². The Bertz CT molecular complexity index is 398. The Morgan fingerprint density at radius 2 is 1.87 bits per heavy atom. The summed E-state index contributed by atoms with van der Waals surface area (Å²) in [7, 11) is 3.36. The smallest absolute Gasteiger partial charge is 0.182 e. The van der Waals surface area contributed by atoms with Gasteiger partial charge in [0, 0.05) is 19.6 Å². The summed E-state index contributed by atoms with van der Waals surface area (Å²) in [5, 5.41) is 0. The van der Waals surface area contributed by atoms with E-state index in [4.69, 9.17) is 5.73 Å². The number of nitrogens with zero attached hydrogens (tertiary/aromatic N) is 1. The molecule has 15 heavy (non-hydrogen) atoms. The number of hydrogen-bond acceptors (Lipinski definition) is 2. The maximum Gasteiger partial charge on any atom is 0.182 e. The van der Waals surface area contributed by atoms with E-state index in [1.165, 1.54) is 6.07 Å². The van der Waals surface area contributed by atoms with Gasteiger partial charge in [-0.3, -0.25) is 0 Å². The zero-order valence-corrected chi connectivity index (χ0v) is 8.85. The van der Waals surface area contributed by atoms with Crippen LogP contribution in [0.5, 0.6) is 0 Å². The van der Waals surface area contributed by atoms with Gasteiger partial charge in [-0.1, -0.05) is 0 Å². The zero-order valence-electron chi connectivity index (χ0n) is 8.85. The fourth-order valence-corrected chi connectivity index (χ4v) is 1.61. The zero-order chi connectivity index (χ0) is 11.2. The molecule has 0 heterocycles. The molecule has 0 atom stereocenters. The summed E-state index contributed by atoms with van der Waals surface area (Å²) < 4.78 is 26.7. The summed E-state index contributed by atoms with van der Waals surface area (Å²) in [6.07, 6.45) is 1.68. The predicted octanol–water partition coefficient (Wildman–Crippen LogP) is 1.98. The van der Waals surface area contributed by atoms with Crippen molar-refractivity contribution in [3.8, 4) is 0 Å². The molecule has 4 heteroatoms. The minimum absolute atomic E-state index is 0.252. The Balaban J connectivity index is 2.51. The highest BCUT2D eigenvalue weighted by Crippen LogP contribution is 2.44. The number of benzene rings is 1. The van der Waals surface area contributed by atoms with Crippen LogP contribution in [0.4, 0.5) is 14.5 Å². The molecular formula is C11H14F2N2. The second kappa shape index (κ2) is 3.17. The molecule has 0 spiro atoms. The molecule has 0 radical (unpaired) electrons. The van der Waals surface area contributed by atoms with Crippen molar-refractivity contribution in [2.45, 2.75) is 18.4 Å². The normalized spacial score (nSPS) is 17.7. The molecule has 1 aromatic rings. The van der Waals surface area contributed by atoms with Crippen molar-refractivity contribution in [3.63, 3.8) is 0 Å². The molecule has 2 rings (SSSR count). The van der Waals surface area contributed by atoms with Crippen molar-refractivity contribution in [1.82, 2.24) is 0 Å². The predicted molar refractivity (Wildman–Crippen MR) is 55.8 cm³/mol. The third-order valence-electron chi connectivity index (χ3n) is 2.85. The lowest BCUT2D eigenvalue weighted by molar-refractivity contribution is 0.505. The molecule has 1 fully saturated rings. The van der Waals surface area contributed by atoms with Crippen molar-refractivity contribution < 1.29 is 8.78 Å². The van der Waals surface area contributed by atoms with Crippen LogP contribution >= 0.6 is 0 Å². The second-order valence-corrected chi connectivity index (χ2v) is 4.34. The molecular weight excluding hydrogens is 198 g/mol. The summed E-state index contributed by atoms with van der Waals surface area (Å²) in [4.78, 5) is 1.55. The minimum Gasteiger partial charge on any atom is -0.375 e. The van der Waals surface area contributed by atoms with E-state index in [9.17, 15) is 8.78 Å². The van der Waals surface area contributed by atoms with Gasteiger partial charge >= 0.3 is 0 Å². The van der Waals surface area contributed by atoms with Gasteiger partial charge in [-0.05, 0) is 30.5 Å². The molecule has 0 saturated heterocycles. The number of halogens is 2. The topological polar surface area (TPSA) is 29.3 Å². The Hall–Kier alpha value is -1.16. The lowest BCUT2D eigenvalue weighted by Crippen LogP contribution is -2.21. The van der Waals surface area contributed by atoms with E-state index >= 15 is 0 Å². The molecule has 0 amide bonds. The van der Waals surface area contributed by atoms with Gasteiger partial charge in [0.15, 0.2) is 11.6 Å². The molecule has 0 unspecified atom stereocenters. The van der Waals surface area contributed by atoms with E-state index in [2.05, 4.69) is 0 Å². The van der Waals surface area contributed by atoms with E-state index in [1.54, 1.807) is 25.1 Å². The van der Waals surface area contributed by atoms with Crippen molar-refractivity contribution in [1.29, 1.82) is 0 Å². The number of nitrogens with two attached hydrogens (primary N) is 1. The van der Waals surface area contributed by atoms with Gasteiger partial charge in [-0.2, -0.15) is 0 Å². The van der Waals surface area contributed by atoms with Crippen molar-refractivity contribution in [3.05, 3.63) is 29.3 Å². The molecule has 2 nitrogen and oxygen atoms in total. The highest BCUT2D eigenvalue weighted by molar-refractivity contribution is 5.51. The van der Waals surface area contributed by atoms with Crippen LogP contribution in [-0.2, 0) is 5.54 Å². The first kappa shape index (κ1) is 10.4. The molecule has 82 valence electrons. The van der Waals surface area contributed by atoms with Gasteiger partial charge in [0.1, 0.15) is 0 Å². The highest BCUT2D eigenvalue weighted by Gasteiger charge is 2.41. The standard InChI is InChI=1S/C11H14F2N2/c1-15(2)9-6-7(11(14)3-4-11)5-8(12)10(9)13/h5-6H,3-4,14H2,1-2H3. The largest absolute Gasteiger partial charge is 0.375 e. The van der Waals surface area contributed by atoms with Crippen LogP contribution in [0.2, 0.25) is 0 Å².